The number of hydrogen-bond donors (Lipinski definition) is 1. The summed E-state index contributed by atoms with van der Waals surface area (Å²) in [6.07, 6.45) is 1.04. The highest BCUT2D eigenvalue weighted by atomic mass is 16.5. The molecule has 0 fully saturated rings. The van der Waals surface area contributed by atoms with Crippen molar-refractivity contribution in [3.63, 3.8) is 0 Å². The van der Waals surface area contributed by atoms with E-state index in [2.05, 4.69) is 29.4 Å². The van der Waals surface area contributed by atoms with Crippen molar-refractivity contribution in [2.45, 2.75) is 19.3 Å². The second-order valence-electron chi connectivity index (χ2n) is 4.01. The Morgan fingerprint density at radius 1 is 1.40 bits per heavy atom. The van der Waals surface area contributed by atoms with Crippen LogP contribution in [0.4, 0.5) is 5.88 Å². The third kappa shape index (κ3) is 1.09. The van der Waals surface area contributed by atoms with Gasteiger partial charge in [-0.25, -0.2) is 0 Å². The lowest BCUT2D eigenvalue weighted by Gasteiger charge is -2.28. The number of hydrogen-bond acceptors (Lipinski definition) is 3. The number of fused-ring (bicyclic) bond motifs is 1. The van der Waals surface area contributed by atoms with Gasteiger partial charge in [0.25, 0.3) is 0 Å². The first-order chi connectivity index (χ1) is 7.27. The summed E-state index contributed by atoms with van der Waals surface area (Å²) < 4.78 is 4.99. The van der Waals surface area contributed by atoms with E-state index in [4.69, 9.17) is 10.3 Å². The molecule has 3 rings (SSSR count). The third-order valence-corrected chi connectivity index (χ3v) is 3.18. The molecule has 0 aliphatic heterocycles. The fourth-order valence-electron chi connectivity index (χ4n) is 2.19. The maximum absolute atomic E-state index is 5.65. The molecule has 1 aliphatic rings. The molecule has 0 saturated carbocycles. The summed E-state index contributed by atoms with van der Waals surface area (Å²) in [5.41, 5.74) is 10.4. The van der Waals surface area contributed by atoms with Crippen LogP contribution in [0.15, 0.2) is 28.8 Å². The summed E-state index contributed by atoms with van der Waals surface area (Å²) >= 11 is 0. The van der Waals surface area contributed by atoms with Crippen LogP contribution < -0.4 is 5.73 Å². The Kier molecular flexibility index (Phi) is 1.63. The number of aromatic nitrogens is 1. The quantitative estimate of drug-likeness (QED) is 0.768. The molecule has 1 unspecified atom stereocenters. The minimum absolute atomic E-state index is 0.377. The molecule has 2 N–H and O–H groups in total. The van der Waals surface area contributed by atoms with Crippen molar-refractivity contribution in [1.29, 1.82) is 0 Å². The maximum Gasteiger partial charge on any atom is 0.225 e. The van der Waals surface area contributed by atoms with Gasteiger partial charge in [0.05, 0.1) is 5.69 Å². The third-order valence-electron chi connectivity index (χ3n) is 3.18. The lowest BCUT2D eigenvalue weighted by molar-refractivity contribution is 0.420. The highest BCUT2D eigenvalue weighted by Crippen LogP contribution is 2.41. The first kappa shape index (κ1) is 8.53. The van der Waals surface area contributed by atoms with Gasteiger partial charge in [-0.3, -0.25) is 0 Å². The fraction of sp³-hybridized carbons (Fsp3) is 0.250. The van der Waals surface area contributed by atoms with Crippen LogP contribution in [-0.2, 0) is 6.42 Å². The van der Waals surface area contributed by atoms with Gasteiger partial charge in [0.2, 0.25) is 5.88 Å². The van der Waals surface area contributed by atoms with Gasteiger partial charge in [0.1, 0.15) is 0 Å². The summed E-state index contributed by atoms with van der Waals surface area (Å²) in [5.74, 6) is 0.816. The van der Waals surface area contributed by atoms with Crippen LogP contribution in [-0.4, -0.2) is 5.16 Å². The van der Waals surface area contributed by atoms with Crippen molar-refractivity contribution in [1.82, 2.24) is 5.16 Å². The smallest absolute Gasteiger partial charge is 0.225 e. The Morgan fingerprint density at radius 2 is 2.20 bits per heavy atom. The van der Waals surface area contributed by atoms with E-state index in [0.717, 1.165) is 17.7 Å². The van der Waals surface area contributed by atoms with Crippen LogP contribution in [0.1, 0.15) is 28.3 Å². The number of nitrogens with zero attached hydrogens (tertiary/aromatic N) is 1. The van der Waals surface area contributed by atoms with E-state index in [-0.39, 0.29) is 0 Å². The molecule has 76 valence electrons. The second kappa shape index (κ2) is 2.86. The topological polar surface area (TPSA) is 52.0 Å². The molecule has 1 heterocycles. The molecule has 0 spiro atoms. The van der Waals surface area contributed by atoms with Gasteiger partial charge < -0.3 is 10.3 Å². The molecule has 0 bridgehead atoms. The average molecular weight is 200 g/mol. The average Bonchev–Trinajstić information content (AvgIpc) is 2.52. The number of nitrogens with two attached hydrogens (primary N) is 1. The zero-order chi connectivity index (χ0) is 10.4. The minimum atomic E-state index is 0.377. The summed E-state index contributed by atoms with van der Waals surface area (Å²) in [6, 6.07) is 8.43. The highest BCUT2D eigenvalue weighted by molar-refractivity contribution is 5.50. The molecule has 1 aromatic heterocycles. The maximum atomic E-state index is 5.65. The molecule has 3 nitrogen and oxygen atoms in total. The van der Waals surface area contributed by atoms with E-state index < -0.39 is 0 Å². The van der Waals surface area contributed by atoms with Gasteiger partial charge in [0.15, 0.2) is 0 Å². The van der Waals surface area contributed by atoms with Crippen LogP contribution >= 0.6 is 0 Å². The van der Waals surface area contributed by atoms with E-state index in [1.165, 1.54) is 11.1 Å². The van der Waals surface area contributed by atoms with Gasteiger partial charge in [-0.15, -0.1) is 0 Å². The van der Waals surface area contributed by atoms with Gasteiger partial charge in [-0.1, -0.05) is 29.4 Å². The highest BCUT2D eigenvalue weighted by Gasteiger charge is 2.31. The summed E-state index contributed by atoms with van der Waals surface area (Å²) in [5, 5.41) is 4.04. The Morgan fingerprint density at radius 3 is 2.87 bits per heavy atom. The van der Waals surface area contributed by atoms with Gasteiger partial charge in [-0.05, 0) is 24.5 Å². The predicted molar refractivity (Wildman–Crippen MR) is 57.6 cm³/mol. The van der Waals surface area contributed by atoms with Crippen molar-refractivity contribution in [3.05, 3.63) is 46.6 Å². The van der Waals surface area contributed by atoms with Crippen molar-refractivity contribution < 1.29 is 4.52 Å². The second-order valence-corrected chi connectivity index (χ2v) is 4.01. The van der Waals surface area contributed by atoms with Crippen LogP contribution in [0.5, 0.6) is 0 Å². The first-order valence-corrected chi connectivity index (χ1v) is 5.07. The van der Waals surface area contributed by atoms with Crippen LogP contribution in [0.2, 0.25) is 0 Å². The summed E-state index contributed by atoms with van der Waals surface area (Å²) in [6.45, 7) is 1.96. The van der Waals surface area contributed by atoms with Crippen LogP contribution in [0.25, 0.3) is 0 Å². The first-order valence-electron chi connectivity index (χ1n) is 5.07. The van der Waals surface area contributed by atoms with Crippen molar-refractivity contribution in [2.75, 3.05) is 5.73 Å². The van der Waals surface area contributed by atoms with Crippen LogP contribution in [0.3, 0.4) is 0 Å². The zero-order valence-corrected chi connectivity index (χ0v) is 8.53. The molecular weight excluding hydrogens is 188 g/mol. The van der Waals surface area contributed by atoms with Crippen LogP contribution in [0, 0.1) is 6.92 Å². The van der Waals surface area contributed by atoms with E-state index in [1.807, 2.05) is 6.92 Å². The lowest BCUT2D eigenvalue weighted by atomic mass is 9.75. The molecule has 1 aliphatic carbocycles. The summed E-state index contributed by atoms with van der Waals surface area (Å²) in [4.78, 5) is 0. The van der Waals surface area contributed by atoms with Gasteiger partial charge in [-0.2, -0.15) is 0 Å². The predicted octanol–water partition coefficient (Wildman–Crippen LogP) is 2.25. The largest absolute Gasteiger partial charge is 0.367 e. The van der Waals surface area contributed by atoms with E-state index >= 15 is 0 Å². The standard InChI is InChI=1S/C12H12N2O/c1-7-11(14-15-12(7)13)10-6-8-4-2-3-5-9(8)10/h2-5,10H,6,13H2,1H3. The van der Waals surface area contributed by atoms with E-state index in [9.17, 15) is 0 Å². The number of rotatable bonds is 1. The molecular formula is C12H12N2O. The van der Waals surface area contributed by atoms with E-state index in [1.54, 1.807) is 0 Å². The van der Waals surface area contributed by atoms with Crippen molar-refractivity contribution >= 4 is 5.88 Å². The molecule has 0 amide bonds. The SMILES string of the molecule is Cc1c(C2Cc3ccccc32)noc1N. The molecule has 0 radical (unpaired) electrons. The van der Waals surface area contributed by atoms with Gasteiger partial charge in [0, 0.05) is 11.5 Å². The molecule has 3 heteroatoms. The Bertz CT molecular complexity index is 516. The normalized spacial score (nSPS) is 18.3. The summed E-state index contributed by atoms with van der Waals surface area (Å²) in [7, 11) is 0. The monoisotopic (exact) mass is 200 g/mol. The molecule has 15 heavy (non-hydrogen) atoms. The van der Waals surface area contributed by atoms with Gasteiger partial charge >= 0.3 is 0 Å². The lowest BCUT2D eigenvalue weighted by Crippen LogP contribution is -2.19. The Labute approximate surface area is 87.9 Å². The Balaban J connectivity index is 2.03. The van der Waals surface area contributed by atoms with E-state index in [0.29, 0.717) is 11.8 Å². The van der Waals surface area contributed by atoms with Crippen molar-refractivity contribution in [2.24, 2.45) is 0 Å². The molecule has 0 saturated heterocycles. The minimum Gasteiger partial charge on any atom is -0.367 e. The number of nitrogen functional groups attached to an aromatic ring is 1. The number of benzene rings is 1. The Hall–Kier alpha value is -1.77. The molecule has 2 aromatic rings. The number of anilines is 1. The fourth-order valence-corrected chi connectivity index (χ4v) is 2.19. The molecule has 1 atom stereocenters. The molecule has 1 aromatic carbocycles. The van der Waals surface area contributed by atoms with Crippen molar-refractivity contribution in [3.8, 4) is 0 Å². The zero-order valence-electron chi connectivity index (χ0n) is 8.53.